The van der Waals surface area contributed by atoms with Crippen LogP contribution in [0.25, 0.3) is 291 Å². The Morgan fingerprint density at radius 3 is 0.486 bits per heavy atom. The lowest BCUT2D eigenvalue weighted by molar-refractivity contribution is -0.141. The molecule has 4 heteroatoms. The van der Waals surface area contributed by atoms with Gasteiger partial charge >= 0.3 is 11.9 Å². The monoisotopic (exact) mass is 918 g/mol. The summed E-state index contributed by atoms with van der Waals surface area (Å²) in [6, 6.07) is 0. The molecule has 28 aromatic rings. The van der Waals surface area contributed by atoms with Crippen molar-refractivity contribution in [2.24, 2.45) is 0 Å². The lowest BCUT2D eigenvalue weighted by Crippen LogP contribution is -2.55. The van der Waals surface area contributed by atoms with E-state index in [1.807, 2.05) is 0 Å². The minimum atomic E-state index is -0.479. The second-order valence-corrected chi connectivity index (χ2v) is 26.7. The van der Waals surface area contributed by atoms with Gasteiger partial charge in [0, 0.05) is 24.7 Å². The number of hydrogen-bond donors (Lipinski definition) is 0. The Morgan fingerprint density at radius 2 is 0.365 bits per heavy atom. The fourth-order valence-corrected chi connectivity index (χ4v) is 25.8. The van der Waals surface area contributed by atoms with E-state index < -0.39 is 10.8 Å². The van der Waals surface area contributed by atoms with Crippen molar-refractivity contribution in [3.8, 4) is 0 Å². The van der Waals surface area contributed by atoms with Crippen LogP contribution in [0.3, 0.4) is 0 Å². The summed E-state index contributed by atoms with van der Waals surface area (Å²) in [7, 11) is 0. The minimum absolute atomic E-state index is 0.218. The summed E-state index contributed by atoms with van der Waals surface area (Å²) in [6.07, 6.45) is 1.49. The van der Waals surface area contributed by atoms with Crippen molar-refractivity contribution in [3.63, 3.8) is 0 Å². The highest BCUT2D eigenvalue weighted by molar-refractivity contribution is 6.82. The van der Waals surface area contributed by atoms with Gasteiger partial charge in [-0.25, -0.2) is 0 Å². The number of rotatable bonds is 4. The molecule has 0 bridgehead atoms. The van der Waals surface area contributed by atoms with Gasteiger partial charge in [0.2, 0.25) is 0 Å². The molecule has 0 radical (unpaired) electrons. The number of hydrogen-bond acceptors (Lipinski definition) is 4. The van der Waals surface area contributed by atoms with Crippen LogP contribution < -0.4 is 0 Å². The Kier molecular flexibility index (Phi) is 2.63. The van der Waals surface area contributed by atoms with E-state index in [0.29, 0.717) is 0 Å². The summed E-state index contributed by atoms with van der Waals surface area (Å²) < 4.78 is 12.5. The normalized spacial score (nSPS) is 22.1. The van der Waals surface area contributed by atoms with E-state index >= 15 is 0 Å². The van der Waals surface area contributed by atoms with Crippen molar-refractivity contribution in [3.05, 3.63) is 33.4 Å². The lowest BCUT2D eigenvalue weighted by Gasteiger charge is -2.57. The second kappa shape index (κ2) is 6.71. The van der Waals surface area contributed by atoms with E-state index in [1.165, 1.54) is 0 Å². The molecule has 0 fully saturated rings. The molecule has 0 unspecified atom stereocenters. The number of esters is 2. The van der Waals surface area contributed by atoms with Gasteiger partial charge in [0.1, 0.15) is 13.2 Å². The summed E-state index contributed by atoms with van der Waals surface area (Å²) in [5.74, 6) is -0.522. The summed E-state index contributed by atoms with van der Waals surface area (Å²) >= 11 is 0. The first-order valence-electron chi connectivity index (χ1n) is 27.3. The lowest BCUT2D eigenvalue weighted by atomic mass is 9.43. The largest absolute Gasteiger partial charge is 0.461 e. The van der Waals surface area contributed by atoms with Crippen LogP contribution in [0.1, 0.15) is 48.9 Å². The van der Waals surface area contributed by atoms with E-state index in [4.69, 9.17) is 9.47 Å². The van der Waals surface area contributed by atoms with E-state index in [-0.39, 0.29) is 25.2 Å². The molecular weight excluding hydrogens is 905 g/mol. The number of carbonyl (C=O) groups excluding carboxylic acids is 2. The average molecular weight is 919 g/mol. The smallest absolute Gasteiger partial charge is 0.302 e. The number of benzene rings is 18. The van der Waals surface area contributed by atoms with Crippen molar-refractivity contribution < 1.29 is 19.1 Å². The molecule has 0 amide bonds. The number of ether oxygens (including phenoxy) is 2. The molecule has 0 saturated carbocycles. The quantitative estimate of drug-likeness (QED) is 0.100. The van der Waals surface area contributed by atoms with Crippen LogP contribution in [-0.2, 0) is 29.9 Å². The van der Waals surface area contributed by atoms with Crippen molar-refractivity contribution >= 4 is 303 Å². The summed E-state index contributed by atoms with van der Waals surface area (Å²) in [5, 5.41) is 85.7. The Hall–Kier alpha value is -8.86. The zero-order valence-electron chi connectivity index (χ0n) is 38.5. The molecule has 0 atom stereocenters. The highest BCUT2D eigenvalue weighted by Gasteiger charge is 2.71. The van der Waals surface area contributed by atoms with Gasteiger partial charge < -0.3 is 9.47 Å². The molecule has 0 heterocycles. The highest BCUT2D eigenvalue weighted by atomic mass is 16.5. The van der Waals surface area contributed by atoms with E-state index in [1.54, 1.807) is 327 Å². The van der Waals surface area contributed by atoms with Gasteiger partial charge in [-0.1, -0.05) is 0 Å². The predicted molar refractivity (Wildman–Crippen MR) is 303 cm³/mol. The molecule has 5 aliphatic carbocycles. The van der Waals surface area contributed by atoms with Gasteiger partial charge in [0.05, 0.1) is 0 Å². The first-order chi connectivity index (χ1) is 36.5. The third kappa shape index (κ3) is 1.62. The van der Waals surface area contributed by atoms with Gasteiger partial charge in [-0.3, -0.25) is 9.59 Å². The minimum Gasteiger partial charge on any atom is -0.461 e. The Morgan fingerprint density at radius 1 is 0.243 bits per heavy atom. The summed E-state index contributed by atoms with van der Waals surface area (Å²) in [5.41, 5.74) is 7.80. The van der Waals surface area contributed by atoms with Crippen LogP contribution in [0.15, 0.2) is 11.1 Å². The SMILES string of the molecule is CC(=O)OCC1=C(COC(C)=O)CC23c4c5c6c7c8c9c(c%10c%11c2c2c4c4c%12c5c5c6c6c8c8c%13c9c9c%10c%10c%11c%11c2c2c4c4c%12c%12c5c5c6c8c6c8c%13c9c9c%10c%10c%11c2c2c4c4c%12c5c6c5c8c9c%10c2c45)C73C1. The van der Waals surface area contributed by atoms with Crippen molar-refractivity contribution in [2.45, 2.75) is 37.5 Å². The van der Waals surface area contributed by atoms with Crippen LogP contribution in [0.4, 0.5) is 0 Å². The molecule has 0 aliphatic heterocycles. The van der Waals surface area contributed by atoms with Crippen LogP contribution in [0.2, 0.25) is 0 Å². The summed E-state index contributed by atoms with van der Waals surface area (Å²) in [4.78, 5) is 26.3. The average Bonchev–Trinajstić information content (AvgIpc) is 4.37. The standard InChI is InChI=1S/C70H14O4/c1-7(71)73-5-9-3-69-65-57-49-39-29-21-13-11-12-15-19-17(13)25-33-27(19)37-31-23(15)24-16(12)20-18-14(11)22(21)30-36-26(18)34-28(20)38-32(24)42-41(31)51-45(37)55-47(33)53(43(49)35(25)29)61(65)63(55)67-59(51)60-52(42)46(38)56-48(34)54-44(36)50(40(30)39)58(57)66(69)62(54)64(56)68(60)70(67,69)4-10(9)6-74-8(2)72/h3-6H2,1-2H3. The third-order valence-electron chi connectivity index (χ3n) is 26.0. The first kappa shape index (κ1) is 29.0. The zero-order chi connectivity index (χ0) is 45.0. The molecule has 0 saturated heterocycles. The molecule has 0 N–H and O–H groups in total. The van der Waals surface area contributed by atoms with Crippen LogP contribution in [0, 0.1) is 0 Å². The summed E-state index contributed by atoms with van der Waals surface area (Å²) in [6.45, 7) is 3.55. The third-order valence-corrected chi connectivity index (χ3v) is 26.0. The van der Waals surface area contributed by atoms with E-state index in [9.17, 15) is 9.59 Å². The van der Waals surface area contributed by atoms with Gasteiger partial charge in [-0.15, -0.1) is 0 Å². The van der Waals surface area contributed by atoms with Gasteiger partial charge in [-0.2, -0.15) is 0 Å². The van der Waals surface area contributed by atoms with Crippen LogP contribution >= 0.6 is 0 Å². The topological polar surface area (TPSA) is 52.6 Å². The molecule has 28 aromatic carbocycles. The number of carbonyl (C=O) groups is 2. The molecule has 318 valence electrons. The van der Waals surface area contributed by atoms with E-state index in [0.717, 1.165) is 24.0 Å². The van der Waals surface area contributed by atoms with Crippen molar-refractivity contribution in [1.29, 1.82) is 0 Å². The molecular formula is C70H14O4. The Bertz CT molecular complexity index is 6850. The predicted octanol–water partition coefficient (Wildman–Crippen LogP) is 17.5. The maximum absolute atomic E-state index is 13.2. The Labute approximate surface area is 403 Å². The second-order valence-electron chi connectivity index (χ2n) is 26.7. The van der Waals surface area contributed by atoms with Crippen molar-refractivity contribution in [2.75, 3.05) is 13.2 Å². The molecule has 74 heavy (non-hydrogen) atoms. The highest BCUT2D eigenvalue weighted by Crippen LogP contribution is 2.86. The van der Waals surface area contributed by atoms with Gasteiger partial charge in [0.25, 0.3) is 0 Å². The van der Waals surface area contributed by atoms with Crippen LogP contribution in [0.5, 0.6) is 0 Å². The van der Waals surface area contributed by atoms with Crippen LogP contribution in [-0.4, -0.2) is 25.2 Å². The molecule has 33 rings (SSSR count). The fraction of sp³-hybridized carbons (Fsp3) is 0.114. The van der Waals surface area contributed by atoms with Gasteiger partial charge in [0.15, 0.2) is 0 Å². The van der Waals surface area contributed by atoms with Gasteiger partial charge in [-0.05, 0) is 337 Å². The van der Waals surface area contributed by atoms with E-state index in [2.05, 4.69) is 0 Å². The molecule has 4 nitrogen and oxygen atoms in total. The zero-order valence-corrected chi connectivity index (χ0v) is 38.5. The molecule has 2 spiro atoms. The fourth-order valence-electron chi connectivity index (χ4n) is 25.8. The Balaban J connectivity index is 1.11. The molecule has 5 aliphatic rings. The maximum atomic E-state index is 13.2. The maximum Gasteiger partial charge on any atom is 0.302 e. The first-order valence-corrected chi connectivity index (χ1v) is 27.3. The molecule has 0 aromatic heterocycles. The van der Waals surface area contributed by atoms with Crippen molar-refractivity contribution in [1.82, 2.24) is 0 Å².